The molecule has 0 radical (unpaired) electrons. The Morgan fingerprint density at radius 1 is 1.04 bits per heavy atom. The van der Waals surface area contributed by atoms with Gasteiger partial charge in [-0.05, 0) is 23.8 Å². The minimum absolute atomic E-state index is 0.0439. The van der Waals surface area contributed by atoms with Gasteiger partial charge in [-0.2, -0.15) is 0 Å². The smallest absolute Gasteiger partial charge is 0.251 e. The SMILES string of the molecule is NCc1ccc(C(=O)NCCC(=O)N2CCN(c3ncccn3)CC2)cc1. The number of hydrogen-bond donors (Lipinski definition) is 2. The normalized spacial score (nSPS) is 14.1. The van der Waals surface area contributed by atoms with Crippen LogP contribution in [-0.2, 0) is 11.3 Å². The zero-order valence-electron chi connectivity index (χ0n) is 15.2. The van der Waals surface area contributed by atoms with Gasteiger partial charge in [0.15, 0.2) is 0 Å². The number of nitrogens with zero attached hydrogens (tertiary/aromatic N) is 4. The Labute approximate surface area is 158 Å². The summed E-state index contributed by atoms with van der Waals surface area (Å²) in [7, 11) is 0. The third-order valence-electron chi connectivity index (χ3n) is 4.54. The second-order valence-electron chi connectivity index (χ2n) is 6.32. The topological polar surface area (TPSA) is 104 Å². The van der Waals surface area contributed by atoms with Crippen LogP contribution in [0.25, 0.3) is 0 Å². The van der Waals surface area contributed by atoms with E-state index in [-0.39, 0.29) is 18.2 Å². The molecule has 27 heavy (non-hydrogen) atoms. The number of anilines is 1. The van der Waals surface area contributed by atoms with Gasteiger partial charge in [-0.1, -0.05) is 12.1 Å². The van der Waals surface area contributed by atoms with E-state index in [1.165, 1.54) is 0 Å². The van der Waals surface area contributed by atoms with Crippen LogP contribution in [0.3, 0.4) is 0 Å². The monoisotopic (exact) mass is 368 g/mol. The van der Waals surface area contributed by atoms with Gasteiger partial charge in [0.2, 0.25) is 11.9 Å². The van der Waals surface area contributed by atoms with E-state index in [0.29, 0.717) is 50.8 Å². The number of carbonyl (C=O) groups is 2. The third kappa shape index (κ3) is 5.01. The molecule has 3 N–H and O–H groups in total. The van der Waals surface area contributed by atoms with Gasteiger partial charge in [-0.25, -0.2) is 9.97 Å². The Bertz CT molecular complexity index is 758. The fourth-order valence-corrected chi connectivity index (χ4v) is 2.95. The fourth-order valence-electron chi connectivity index (χ4n) is 2.95. The summed E-state index contributed by atoms with van der Waals surface area (Å²) >= 11 is 0. The van der Waals surface area contributed by atoms with Crippen LogP contribution < -0.4 is 16.0 Å². The third-order valence-corrected chi connectivity index (χ3v) is 4.54. The predicted molar refractivity (Wildman–Crippen MR) is 102 cm³/mol. The van der Waals surface area contributed by atoms with E-state index in [0.717, 1.165) is 5.56 Å². The van der Waals surface area contributed by atoms with E-state index in [1.807, 2.05) is 17.0 Å². The molecule has 0 bridgehead atoms. The number of aromatic nitrogens is 2. The first-order valence-corrected chi connectivity index (χ1v) is 9.04. The van der Waals surface area contributed by atoms with Crippen molar-refractivity contribution in [1.29, 1.82) is 0 Å². The molecule has 1 aromatic heterocycles. The summed E-state index contributed by atoms with van der Waals surface area (Å²) in [5.74, 6) is 0.553. The van der Waals surface area contributed by atoms with Crippen molar-refractivity contribution in [2.75, 3.05) is 37.6 Å². The first-order valence-electron chi connectivity index (χ1n) is 9.04. The van der Waals surface area contributed by atoms with Crippen LogP contribution in [-0.4, -0.2) is 59.4 Å². The van der Waals surface area contributed by atoms with Crippen LogP contribution in [0.5, 0.6) is 0 Å². The Kier molecular flexibility index (Phi) is 6.32. The summed E-state index contributed by atoms with van der Waals surface area (Å²) in [5, 5.41) is 2.79. The molecule has 3 rings (SSSR count). The number of piperazine rings is 1. The average molecular weight is 368 g/mol. The van der Waals surface area contributed by atoms with E-state index in [9.17, 15) is 9.59 Å². The molecule has 0 atom stereocenters. The van der Waals surface area contributed by atoms with E-state index in [2.05, 4.69) is 20.2 Å². The molecule has 0 spiro atoms. The summed E-state index contributed by atoms with van der Waals surface area (Å²) in [4.78, 5) is 36.8. The Balaban J connectivity index is 1.40. The van der Waals surface area contributed by atoms with Crippen LogP contribution >= 0.6 is 0 Å². The van der Waals surface area contributed by atoms with Gasteiger partial charge in [0.25, 0.3) is 5.91 Å². The van der Waals surface area contributed by atoms with Crippen LogP contribution in [0, 0.1) is 0 Å². The maximum absolute atomic E-state index is 12.4. The van der Waals surface area contributed by atoms with E-state index in [4.69, 9.17) is 5.73 Å². The lowest BCUT2D eigenvalue weighted by atomic mass is 10.1. The van der Waals surface area contributed by atoms with Gasteiger partial charge in [-0.15, -0.1) is 0 Å². The summed E-state index contributed by atoms with van der Waals surface area (Å²) in [5.41, 5.74) is 7.09. The van der Waals surface area contributed by atoms with Crippen LogP contribution in [0.1, 0.15) is 22.3 Å². The number of hydrogen-bond acceptors (Lipinski definition) is 6. The van der Waals surface area contributed by atoms with Crippen molar-refractivity contribution < 1.29 is 9.59 Å². The summed E-state index contributed by atoms with van der Waals surface area (Å²) in [6.45, 7) is 3.43. The Morgan fingerprint density at radius 3 is 2.33 bits per heavy atom. The number of amides is 2. The first kappa shape index (κ1) is 18.8. The van der Waals surface area contributed by atoms with Gasteiger partial charge in [-0.3, -0.25) is 9.59 Å². The number of carbonyl (C=O) groups excluding carboxylic acids is 2. The molecule has 8 heteroatoms. The van der Waals surface area contributed by atoms with E-state index >= 15 is 0 Å². The van der Waals surface area contributed by atoms with Crippen LogP contribution in [0.2, 0.25) is 0 Å². The highest BCUT2D eigenvalue weighted by molar-refractivity contribution is 5.94. The molecule has 1 saturated heterocycles. The van der Waals surface area contributed by atoms with Crippen molar-refractivity contribution in [3.8, 4) is 0 Å². The van der Waals surface area contributed by atoms with Gasteiger partial charge in [0, 0.05) is 63.6 Å². The Morgan fingerprint density at radius 2 is 1.70 bits per heavy atom. The number of nitrogens with one attached hydrogen (secondary N) is 1. The summed E-state index contributed by atoms with van der Waals surface area (Å²) in [6, 6.07) is 8.92. The molecule has 1 aromatic carbocycles. The van der Waals surface area contributed by atoms with Crippen molar-refractivity contribution in [3.05, 3.63) is 53.9 Å². The molecule has 0 aliphatic carbocycles. The van der Waals surface area contributed by atoms with Crippen LogP contribution in [0.15, 0.2) is 42.7 Å². The van der Waals surface area contributed by atoms with Gasteiger partial charge in [0.1, 0.15) is 0 Å². The van der Waals surface area contributed by atoms with Crippen molar-refractivity contribution in [1.82, 2.24) is 20.2 Å². The van der Waals surface area contributed by atoms with Crippen LogP contribution in [0.4, 0.5) is 5.95 Å². The molecule has 142 valence electrons. The van der Waals surface area contributed by atoms with Gasteiger partial charge in [0.05, 0.1) is 0 Å². The molecule has 2 amide bonds. The van der Waals surface area contributed by atoms with Crippen molar-refractivity contribution in [2.45, 2.75) is 13.0 Å². The zero-order valence-corrected chi connectivity index (χ0v) is 15.2. The van der Waals surface area contributed by atoms with Crippen molar-refractivity contribution in [3.63, 3.8) is 0 Å². The number of benzene rings is 1. The van der Waals surface area contributed by atoms with Crippen molar-refractivity contribution in [2.24, 2.45) is 5.73 Å². The molecule has 1 aliphatic heterocycles. The largest absolute Gasteiger partial charge is 0.352 e. The number of rotatable bonds is 6. The second-order valence-corrected chi connectivity index (χ2v) is 6.32. The molecule has 8 nitrogen and oxygen atoms in total. The molecule has 0 unspecified atom stereocenters. The lowest BCUT2D eigenvalue weighted by molar-refractivity contribution is -0.131. The average Bonchev–Trinajstić information content (AvgIpc) is 2.74. The molecule has 2 heterocycles. The highest BCUT2D eigenvalue weighted by Crippen LogP contribution is 2.10. The number of nitrogens with two attached hydrogens (primary N) is 1. The molecule has 1 aliphatic rings. The maximum atomic E-state index is 12.4. The van der Waals surface area contributed by atoms with Crippen molar-refractivity contribution >= 4 is 17.8 Å². The van der Waals surface area contributed by atoms with Gasteiger partial charge >= 0.3 is 0 Å². The minimum atomic E-state index is -0.183. The molecule has 0 saturated carbocycles. The second kappa shape index (κ2) is 9.09. The molecular formula is C19H24N6O2. The fraction of sp³-hybridized carbons (Fsp3) is 0.368. The molecule has 2 aromatic rings. The quantitative estimate of drug-likeness (QED) is 0.765. The predicted octanol–water partition coefficient (Wildman–Crippen LogP) is 0.404. The Hall–Kier alpha value is -3.00. The first-order chi connectivity index (χ1) is 13.2. The zero-order chi connectivity index (χ0) is 19.1. The van der Waals surface area contributed by atoms with E-state index in [1.54, 1.807) is 30.6 Å². The van der Waals surface area contributed by atoms with E-state index < -0.39 is 0 Å². The maximum Gasteiger partial charge on any atom is 0.251 e. The molecular weight excluding hydrogens is 344 g/mol. The highest BCUT2D eigenvalue weighted by atomic mass is 16.2. The lowest BCUT2D eigenvalue weighted by Crippen LogP contribution is -2.49. The highest BCUT2D eigenvalue weighted by Gasteiger charge is 2.22. The standard InChI is InChI=1S/C19H24N6O2/c20-14-15-2-4-16(5-3-15)18(27)21-9-6-17(26)24-10-12-25(13-11-24)19-22-7-1-8-23-19/h1-5,7-8H,6,9-14,20H2,(H,21,27). The lowest BCUT2D eigenvalue weighted by Gasteiger charge is -2.34. The summed E-state index contributed by atoms with van der Waals surface area (Å²) < 4.78 is 0. The summed E-state index contributed by atoms with van der Waals surface area (Å²) in [6.07, 6.45) is 3.71. The van der Waals surface area contributed by atoms with Gasteiger partial charge < -0.3 is 20.9 Å². The minimum Gasteiger partial charge on any atom is -0.352 e. The molecule has 1 fully saturated rings.